The summed E-state index contributed by atoms with van der Waals surface area (Å²) >= 11 is 0. The van der Waals surface area contributed by atoms with Crippen LogP contribution >= 0.6 is 0 Å². The molecule has 1 amide bonds. The number of carbonyl (C=O) groups excluding carboxylic acids is 1. The maximum absolute atomic E-state index is 12.3. The maximum Gasteiger partial charge on any atom is 0.242 e. The van der Waals surface area contributed by atoms with Gasteiger partial charge in [0.05, 0.1) is 5.54 Å². The second kappa shape index (κ2) is 4.34. The Kier molecular flexibility index (Phi) is 3.22. The summed E-state index contributed by atoms with van der Waals surface area (Å²) in [7, 11) is 2.14. The highest BCUT2D eigenvalue weighted by atomic mass is 16.2. The van der Waals surface area contributed by atoms with Gasteiger partial charge in [-0.25, -0.2) is 0 Å². The second-order valence-electron chi connectivity index (χ2n) is 5.30. The summed E-state index contributed by atoms with van der Waals surface area (Å²) in [6, 6.07) is 0.501. The Balaban J connectivity index is 1.97. The molecule has 2 fully saturated rings. The lowest BCUT2D eigenvalue weighted by Gasteiger charge is -2.45. The largest absolute Gasteiger partial charge is 0.338 e. The Morgan fingerprint density at radius 2 is 2.12 bits per heavy atom. The second-order valence-corrected chi connectivity index (χ2v) is 5.30. The van der Waals surface area contributed by atoms with Gasteiger partial charge in [0.15, 0.2) is 0 Å². The number of hydrogen-bond acceptors (Lipinski definition) is 3. The molecule has 4 heteroatoms. The maximum atomic E-state index is 12.3. The number of hydrogen-bond donors (Lipinski definition) is 1. The number of likely N-dealkylation sites (N-methyl/N-ethyl adjacent to an activating group) is 1. The minimum Gasteiger partial charge on any atom is -0.338 e. The van der Waals surface area contributed by atoms with Gasteiger partial charge in [0.1, 0.15) is 0 Å². The van der Waals surface area contributed by atoms with E-state index in [9.17, 15) is 4.79 Å². The van der Waals surface area contributed by atoms with Crippen molar-refractivity contribution in [2.45, 2.75) is 44.2 Å². The molecule has 0 aromatic carbocycles. The van der Waals surface area contributed by atoms with Crippen molar-refractivity contribution in [1.29, 1.82) is 0 Å². The molecule has 1 aliphatic carbocycles. The third-order valence-electron chi connectivity index (χ3n) is 4.21. The van der Waals surface area contributed by atoms with E-state index >= 15 is 0 Å². The zero-order valence-electron chi connectivity index (χ0n) is 10.4. The smallest absolute Gasteiger partial charge is 0.242 e. The first kappa shape index (κ1) is 11.9. The normalized spacial score (nSPS) is 29.9. The van der Waals surface area contributed by atoms with Gasteiger partial charge in [-0.05, 0) is 32.7 Å². The molecule has 2 aliphatic rings. The Morgan fingerprint density at radius 3 is 2.62 bits per heavy atom. The van der Waals surface area contributed by atoms with Gasteiger partial charge in [0.2, 0.25) is 5.91 Å². The van der Waals surface area contributed by atoms with Crippen LogP contribution in [-0.2, 0) is 4.79 Å². The molecule has 1 aliphatic heterocycles. The summed E-state index contributed by atoms with van der Waals surface area (Å²) in [6.07, 6.45) is 3.94. The summed E-state index contributed by atoms with van der Waals surface area (Å²) in [5, 5.41) is 0. The number of carbonyl (C=O) groups is 1. The minimum absolute atomic E-state index is 0.185. The molecule has 0 spiro atoms. The monoisotopic (exact) mass is 225 g/mol. The van der Waals surface area contributed by atoms with Crippen LogP contribution in [0.15, 0.2) is 0 Å². The number of amides is 1. The van der Waals surface area contributed by atoms with E-state index in [4.69, 9.17) is 5.73 Å². The lowest BCUT2D eigenvalue weighted by Crippen LogP contribution is -2.63. The Bertz CT molecular complexity index is 275. The van der Waals surface area contributed by atoms with Crippen LogP contribution in [0.2, 0.25) is 0 Å². The van der Waals surface area contributed by atoms with Crippen LogP contribution in [0.3, 0.4) is 0 Å². The van der Waals surface area contributed by atoms with Crippen LogP contribution in [0.4, 0.5) is 0 Å². The van der Waals surface area contributed by atoms with Gasteiger partial charge in [0.25, 0.3) is 0 Å². The highest BCUT2D eigenvalue weighted by Crippen LogP contribution is 2.31. The van der Waals surface area contributed by atoms with E-state index in [0.717, 1.165) is 45.3 Å². The molecule has 0 bridgehead atoms. The molecule has 2 rings (SSSR count). The molecule has 1 atom stereocenters. The van der Waals surface area contributed by atoms with Crippen molar-refractivity contribution < 1.29 is 4.79 Å². The van der Waals surface area contributed by atoms with E-state index in [1.165, 1.54) is 0 Å². The molecule has 0 radical (unpaired) electrons. The van der Waals surface area contributed by atoms with Crippen molar-refractivity contribution in [3.8, 4) is 0 Å². The van der Waals surface area contributed by atoms with E-state index in [1.807, 2.05) is 4.90 Å². The number of piperazine rings is 1. The van der Waals surface area contributed by atoms with Gasteiger partial charge in [-0.15, -0.1) is 0 Å². The fourth-order valence-electron chi connectivity index (χ4n) is 2.66. The third kappa shape index (κ3) is 1.96. The minimum atomic E-state index is -0.520. The van der Waals surface area contributed by atoms with Gasteiger partial charge >= 0.3 is 0 Å². The molecule has 2 N–H and O–H groups in total. The highest BCUT2D eigenvalue weighted by molar-refractivity contribution is 5.87. The van der Waals surface area contributed by atoms with E-state index in [1.54, 1.807) is 0 Å². The van der Waals surface area contributed by atoms with Crippen molar-refractivity contribution in [2.75, 3.05) is 26.7 Å². The van der Waals surface area contributed by atoms with E-state index in [-0.39, 0.29) is 5.91 Å². The van der Waals surface area contributed by atoms with Gasteiger partial charge in [-0.3, -0.25) is 9.69 Å². The fraction of sp³-hybridized carbons (Fsp3) is 0.917. The molecule has 1 saturated heterocycles. The summed E-state index contributed by atoms with van der Waals surface area (Å²) in [5.41, 5.74) is 5.57. The van der Waals surface area contributed by atoms with Crippen molar-refractivity contribution in [1.82, 2.24) is 9.80 Å². The molecule has 0 aromatic rings. The average Bonchev–Trinajstić information content (AvgIpc) is 2.25. The van der Waals surface area contributed by atoms with E-state index in [2.05, 4.69) is 18.9 Å². The first-order valence-electron chi connectivity index (χ1n) is 6.35. The molecule has 1 unspecified atom stereocenters. The van der Waals surface area contributed by atoms with Crippen LogP contribution in [0.25, 0.3) is 0 Å². The zero-order valence-corrected chi connectivity index (χ0v) is 10.4. The molecule has 4 nitrogen and oxygen atoms in total. The van der Waals surface area contributed by atoms with E-state index in [0.29, 0.717) is 6.04 Å². The Hall–Kier alpha value is -0.610. The van der Waals surface area contributed by atoms with Crippen LogP contribution in [0.5, 0.6) is 0 Å². The first-order valence-corrected chi connectivity index (χ1v) is 6.35. The average molecular weight is 225 g/mol. The number of rotatable bonds is 2. The third-order valence-corrected chi connectivity index (χ3v) is 4.21. The van der Waals surface area contributed by atoms with Crippen molar-refractivity contribution in [3.05, 3.63) is 0 Å². The van der Waals surface area contributed by atoms with Crippen LogP contribution in [-0.4, -0.2) is 54.0 Å². The Morgan fingerprint density at radius 1 is 1.44 bits per heavy atom. The summed E-state index contributed by atoms with van der Waals surface area (Å²) in [6.45, 7) is 4.84. The standard InChI is InChI=1S/C12H23N3O/c1-3-10-9-15(8-7-14(10)2)11(16)12(13)5-4-6-12/h10H,3-9,13H2,1-2H3. The zero-order chi connectivity index (χ0) is 11.8. The van der Waals surface area contributed by atoms with E-state index < -0.39 is 5.54 Å². The number of nitrogens with zero attached hydrogens (tertiary/aromatic N) is 2. The summed E-state index contributed by atoms with van der Waals surface area (Å²) in [4.78, 5) is 16.6. The Labute approximate surface area is 97.8 Å². The van der Waals surface area contributed by atoms with Crippen LogP contribution < -0.4 is 5.73 Å². The lowest BCUT2D eigenvalue weighted by atomic mass is 9.76. The molecular formula is C12H23N3O. The first-order chi connectivity index (χ1) is 7.57. The van der Waals surface area contributed by atoms with Gasteiger partial charge in [0, 0.05) is 25.7 Å². The van der Waals surface area contributed by atoms with Crippen LogP contribution in [0, 0.1) is 0 Å². The molecule has 1 heterocycles. The predicted molar refractivity (Wildman–Crippen MR) is 64.1 cm³/mol. The van der Waals surface area contributed by atoms with Crippen molar-refractivity contribution in [3.63, 3.8) is 0 Å². The molecule has 92 valence electrons. The molecule has 1 saturated carbocycles. The van der Waals surface area contributed by atoms with Gasteiger partial charge < -0.3 is 10.6 Å². The fourth-order valence-corrected chi connectivity index (χ4v) is 2.66. The molecule has 0 aromatic heterocycles. The predicted octanol–water partition coefficient (Wildman–Crippen LogP) is 0.420. The summed E-state index contributed by atoms with van der Waals surface area (Å²) in [5.74, 6) is 0.185. The SMILES string of the molecule is CCC1CN(C(=O)C2(N)CCC2)CCN1C. The van der Waals surface area contributed by atoms with Crippen molar-refractivity contribution >= 4 is 5.91 Å². The quantitative estimate of drug-likeness (QED) is 0.741. The van der Waals surface area contributed by atoms with Gasteiger partial charge in [-0.1, -0.05) is 6.92 Å². The van der Waals surface area contributed by atoms with Gasteiger partial charge in [-0.2, -0.15) is 0 Å². The van der Waals surface area contributed by atoms with Crippen LogP contribution in [0.1, 0.15) is 32.6 Å². The summed E-state index contributed by atoms with van der Waals surface area (Å²) < 4.78 is 0. The topological polar surface area (TPSA) is 49.6 Å². The highest BCUT2D eigenvalue weighted by Gasteiger charge is 2.43. The molecular weight excluding hydrogens is 202 g/mol. The molecule has 16 heavy (non-hydrogen) atoms. The number of nitrogens with two attached hydrogens (primary N) is 1. The lowest BCUT2D eigenvalue weighted by molar-refractivity contribution is -0.143. The van der Waals surface area contributed by atoms with Crippen molar-refractivity contribution in [2.24, 2.45) is 5.73 Å².